The largest absolute Gasteiger partial charge is 0.494 e. The fourth-order valence-corrected chi connectivity index (χ4v) is 6.14. The summed E-state index contributed by atoms with van der Waals surface area (Å²) in [6.07, 6.45) is 1.45. The van der Waals surface area contributed by atoms with Gasteiger partial charge in [-0.25, -0.2) is 10.4 Å². The molecule has 0 saturated carbocycles. The van der Waals surface area contributed by atoms with Gasteiger partial charge >= 0.3 is 0 Å². The Bertz CT molecular complexity index is 1960. The molecule has 5 aromatic carbocycles. The number of aliphatic hydroxyl groups is 1. The molecule has 3 N–H and O–H groups in total. The van der Waals surface area contributed by atoms with E-state index in [1.807, 2.05) is 109 Å². The molecule has 5 aromatic rings. The molecule has 0 fully saturated rings. The third-order valence-corrected chi connectivity index (χ3v) is 8.77. The van der Waals surface area contributed by atoms with Crippen LogP contribution < -0.4 is 15.6 Å². The van der Waals surface area contributed by atoms with Crippen LogP contribution in [-0.2, 0) is 22.4 Å². The maximum absolute atomic E-state index is 14.6. The Morgan fingerprint density at radius 3 is 2.24 bits per heavy atom. The molecule has 10 heteroatoms. The highest BCUT2D eigenvalue weighted by molar-refractivity contribution is 6.01. The summed E-state index contributed by atoms with van der Waals surface area (Å²) in [7, 11) is 0. The molecule has 1 aliphatic rings. The van der Waals surface area contributed by atoms with Crippen molar-refractivity contribution in [2.75, 3.05) is 19.8 Å². The summed E-state index contributed by atoms with van der Waals surface area (Å²) in [5.41, 5.74) is 19.8. The Balaban J connectivity index is 1.36. The van der Waals surface area contributed by atoms with Gasteiger partial charge in [-0.2, -0.15) is 0 Å². The van der Waals surface area contributed by atoms with Gasteiger partial charge in [0.25, 0.3) is 5.91 Å². The zero-order valence-electron chi connectivity index (χ0n) is 28.2. The zero-order chi connectivity index (χ0) is 35.3. The Labute approximate surface area is 297 Å². The van der Waals surface area contributed by atoms with Crippen LogP contribution in [0.25, 0.3) is 21.6 Å². The summed E-state index contributed by atoms with van der Waals surface area (Å²) >= 11 is 0. The molecule has 0 unspecified atom stereocenters. The minimum Gasteiger partial charge on any atom is -0.494 e. The average molecular weight is 681 g/mol. The molecular weight excluding hydrogens is 640 g/mol. The normalized spacial score (nSPS) is 16.4. The lowest BCUT2D eigenvalue weighted by molar-refractivity contribution is -0.130. The van der Waals surface area contributed by atoms with Crippen LogP contribution in [0.4, 0.5) is 5.69 Å². The molecule has 258 valence electrons. The summed E-state index contributed by atoms with van der Waals surface area (Å²) in [4.78, 5) is 22.8. The highest BCUT2D eigenvalue weighted by atomic mass is 16.5. The third kappa shape index (κ3) is 8.63. The average Bonchev–Trinajstić information content (AvgIpc) is 3.57. The molecular formula is C41H40N6O4. The van der Waals surface area contributed by atoms with Crippen LogP contribution in [0.2, 0.25) is 0 Å². The second kappa shape index (κ2) is 17.1. The topological polar surface area (TPSA) is 141 Å². The van der Waals surface area contributed by atoms with Crippen LogP contribution >= 0.6 is 0 Å². The van der Waals surface area contributed by atoms with E-state index in [4.69, 9.17) is 19.6 Å². The predicted octanol–water partition coefficient (Wildman–Crippen LogP) is 7.81. The van der Waals surface area contributed by atoms with Crippen LogP contribution in [-0.4, -0.2) is 42.2 Å². The number of aryl methyl sites for hydroxylation is 1. The third-order valence-electron chi connectivity index (χ3n) is 8.77. The molecule has 2 atom stereocenters. The summed E-state index contributed by atoms with van der Waals surface area (Å²) in [6, 6.07) is 42.7. The van der Waals surface area contributed by atoms with Crippen LogP contribution in [0.5, 0.6) is 5.75 Å². The maximum atomic E-state index is 14.6. The van der Waals surface area contributed by atoms with Crippen LogP contribution in [0, 0.1) is 0 Å². The standard InChI is InChI=1S/C41H40N6O4/c42-47-45-37-17-8-7-16-35(37)29-41(40(49)46-43-26-9-13-30-11-3-1-4-12-30)38(33-20-18-32(19-21-33)31-14-5-2-6-15-31)51-39(44-41)34-22-24-36(25-23-34)50-28-10-27-48/h1-8,11-12,14-25,38,43,48H,9-10,13,26-29H2,(H,46,49)/t38-,41-/m0/s1. The molecule has 1 heterocycles. The van der Waals surface area contributed by atoms with Crippen LogP contribution in [0.1, 0.15) is 41.2 Å². The van der Waals surface area contributed by atoms with E-state index in [9.17, 15) is 10.3 Å². The predicted molar refractivity (Wildman–Crippen MR) is 198 cm³/mol. The minimum absolute atomic E-state index is 0.0469. The van der Waals surface area contributed by atoms with Gasteiger partial charge in [-0.1, -0.05) is 114 Å². The number of ether oxygens (including phenoxy) is 2. The fourth-order valence-electron chi connectivity index (χ4n) is 6.14. The smallest absolute Gasteiger partial charge is 0.266 e. The maximum Gasteiger partial charge on any atom is 0.266 e. The number of aliphatic imine (C=N–C) groups is 1. The monoisotopic (exact) mass is 680 g/mol. The van der Waals surface area contributed by atoms with Crippen molar-refractivity contribution in [3.8, 4) is 16.9 Å². The minimum atomic E-state index is -1.49. The number of carbonyl (C=O) groups excluding carboxylic acids is 1. The quantitative estimate of drug-likeness (QED) is 0.0321. The molecule has 0 radical (unpaired) electrons. The zero-order valence-corrected chi connectivity index (χ0v) is 28.2. The number of benzene rings is 5. The summed E-state index contributed by atoms with van der Waals surface area (Å²) < 4.78 is 12.4. The lowest BCUT2D eigenvalue weighted by Crippen LogP contribution is -2.54. The van der Waals surface area contributed by atoms with Gasteiger partial charge in [-0.05, 0) is 70.5 Å². The van der Waals surface area contributed by atoms with E-state index in [-0.39, 0.29) is 18.9 Å². The van der Waals surface area contributed by atoms with Gasteiger partial charge < -0.3 is 14.6 Å². The molecule has 1 aliphatic heterocycles. The molecule has 6 rings (SSSR count). The number of nitrogens with one attached hydrogen (secondary N) is 2. The Morgan fingerprint density at radius 2 is 1.51 bits per heavy atom. The number of rotatable bonds is 16. The van der Waals surface area contributed by atoms with E-state index in [0.29, 0.717) is 48.0 Å². The van der Waals surface area contributed by atoms with Crippen LogP contribution in [0.15, 0.2) is 144 Å². The summed E-state index contributed by atoms with van der Waals surface area (Å²) in [6.45, 7) is 0.976. The first-order chi connectivity index (χ1) is 25.1. The number of carbonyl (C=O) groups is 1. The van der Waals surface area contributed by atoms with Gasteiger partial charge in [0.15, 0.2) is 11.6 Å². The van der Waals surface area contributed by atoms with Gasteiger partial charge in [-0.3, -0.25) is 10.2 Å². The van der Waals surface area contributed by atoms with Gasteiger partial charge in [0, 0.05) is 42.2 Å². The molecule has 0 saturated heterocycles. The van der Waals surface area contributed by atoms with Gasteiger partial charge in [0.05, 0.1) is 6.61 Å². The number of hydrazine groups is 1. The van der Waals surface area contributed by atoms with Gasteiger partial charge in [0.2, 0.25) is 5.90 Å². The molecule has 10 nitrogen and oxygen atoms in total. The second-order valence-electron chi connectivity index (χ2n) is 12.2. The van der Waals surface area contributed by atoms with E-state index in [1.54, 1.807) is 12.1 Å². The fraction of sp³-hybridized carbons (Fsp3) is 0.220. The van der Waals surface area contributed by atoms with Gasteiger partial charge in [-0.15, -0.1) is 0 Å². The highest BCUT2D eigenvalue weighted by Crippen LogP contribution is 2.44. The van der Waals surface area contributed by atoms with E-state index in [2.05, 4.69) is 33.0 Å². The Morgan fingerprint density at radius 1 is 0.843 bits per heavy atom. The molecule has 0 spiro atoms. The first-order valence-electron chi connectivity index (χ1n) is 17.1. The lowest BCUT2D eigenvalue weighted by Gasteiger charge is -2.31. The first-order valence-corrected chi connectivity index (χ1v) is 17.1. The summed E-state index contributed by atoms with van der Waals surface area (Å²) in [5, 5.41) is 13.1. The van der Waals surface area contributed by atoms with E-state index in [1.165, 1.54) is 5.56 Å². The molecule has 0 aliphatic carbocycles. The van der Waals surface area contributed by atoms with Crippen molar-refractivity contribution in [2.24, 2.45) is 10.1 Å². The molecule has 0 bridgehead atoms. The molecule has 1 amide bonds. The number of azide groups is 1. The van der Waals surface area contributed by atoms with Crippen molar-refractivity contribution in [1.29, 1.82) is 0 Å². The number of amides is 1. The van der Waals surface area contributed by atoms with Crippen molar-refractivity contribution in [3.63, 3.8) is 0 Å². The second-order valence-corrected chi connectivity index (χ2v) is 12.2. The van der Waals surface area contributed by atoms with E-state index >= 15 is 0 Å². The molecule has 0 aromatic heterocycles. The van der Waals surface area contributed by atoms with Gasteiger partial charge in [0.1, 0.15) is 5.75 Å². The van der Waals surface area contributed by atoms with Crippen molar-refractivity contribution in [2.45, 2.75) is 37.3 Å². The number of aliphatic hydroxyl groups excluding tert-OH is 1. The Hall–Kier alpha value is -5.93. The van der Waals surface area contributed by atoms with E-state index in [0.717, 1.165) is 29.5 Å². The van der Waals surface area contributed by atoms with Crippen molar-refractivity contribution < 1.29 is 19.4 Å². The molecule has 51 heavy (non-hydrogen) atoms. The number of nitrogens with zero attached hydrogens (tertiary/aromatic N) is 4. The summed E-state index contributed by atoms with van der Waals surface area (Å²) in [5.74, 6) is 0.564. The van der Waals surface area contributed by atoms with Crippen molar-refractivity contribution in [1.82, 2.24) is 10.9 Å². The SMILES string of the molecule is [N-]=[N+]=Nc1ccccc1C[C@]1(C(=O)NNCCCc2ccccc2)N=C(c2ccc(OCCCO)cc2)O[C@H]1c1ccc(-c2ccccc2)cc1. The number of hydrogen-bond acceptors (Lipinski definition) is 7. The van der Waals surface area contributed by atoms with E-state index < -0.39 is 11.6 Å². The number of hydrogen-bond donors (Lipinski definition) is 3. The van der Waals surface area contributed by atoms with Crippen LogP contribution in [0.3, 0.4) is 0 Å². The first kappa shape index (κ1) is 34.9. The van der Waals surface area contributed by atoms with Crippen molar-refractivity contribution in [3.05, 3.63) is 166 Å². The highest BCUT2D eigenvalue weighted by Gasteiger charge is 2.53. The Kier molecular flexibility index (Phi) is 11.7. The lowest BCUT2D eigenvalue weighted by atomic mass is 9.81. The van der Waals surface area contributed by atoms with Crippen molar-refractivity contribution >= 4 is 17.5 Å².